The van der Waals surface area contributed by atoms with Crippen LogP contribution in [0.4, 0.5) is 0 Å². The predicted molar refractivity (Wildman–Crippen MR) is 81.2 cm³/mol. The normalized spacial score (nSPS) is 11.9. The van der Waals surface area contributed by atoms with Crippen LogP contribution < -0.4 is 4.74 Å². The molecule has 0 radical (unpaired) electrons. The zero-order chi connectivity index (χ0) is 15.6. The molecule has 0 unspecified atom stereocenters. The number of rotatable bonds is 5. The van der Waals surface area contributed by atoms with Gasteiger partial charge in [0.2, 0.25) is 0 Å². The molecule has 2 rings (SSSR count). The van der Waals surface area contributed by atoms with Crippen LogP contribution in [0.15, 0.2) is 35.7 Å². The minimum Gasteiger partial charge on any atom is -0.494 e. The van der Waals surface area contributed by atoms with Crippen molar-refractivity contribution in [3.63, 3.8) is 0 Å². The Labute approximate surface area is 125 Å². The molecule has 1 aromatic carbocycles. The third kappa shape index (κ3) is 2.95. The molecular weight excluding hydrogens is 288 g/mol. The van der Waals surface area contributed by atoms with Crippen molar-refractivity contribution >= 4 is 10.0 Å². The molecular formula is C15H20N2O3S. The summed E-state index contributed by atoms with van der Waals surface area (Å²) < 4.78 is 32.0. The molecule has 5 nitrogen and oxygen atoms in total. The van der Waals surface area contributed by atoms with Crippen molar-refractivity contribution in [1.29, 1.82) is 0 Å². The minimum atomic E-state index is -3.62. The summed E-state index contributed by atoms with van der Waals surface area (Å²) in [5.74, 6) is 0.915. The van der Waals surface area contributed by atoms with E-state index >= 15 is 0 Å². The summed E-state index contributed by atoms with van der Waals surface area (Å²) in [6.07, 6.45) is 4.17. The highest BCUT2D eigenvalue weighted by Crippen LogP contribution is 2.32. The van der Waals surface area contributed by atoms with E-state index in [4.69, 9.17) is 4.74 Å². The van der Waals surface area contributed by atoms with Gasteiger partial charge < -0.3 is 4.74 Å². The smallest absolute Gasteiger partial charge is 0.269 e. The molecule has 1 heterocycles. The average molecular weight is 308 g/mol. The maximum Gasteiger partial charge on any atom is 0.269 e. The number of hydrogen-bond acceptors (Lipinski definition) is 4. The summed E-state index contributed by atoms with van der Waals surface area (Å²) in [6, 6.07) is 3.50. The van der Waals surface area contributed by atoms with Crippen molar-refractivity contribution < 1.29 is 13.2 Å². The Morgan fingerprint density at radius 3 is 2.57 bits per heavy atom. The first-order valence-corrected chi connectivity index (χ1v) is 8.32. The Morgan fingerprint density at radius 2 is 2.05 bits per heavy atom. The van der Waals surface area contributed by atoms with Crippen LogP contribution in [0.3, 0.4) is 0 Å². The highest BCUT2D eigenvalue weighted by atomic mass is 32.2. The second-order valence-electron chi connectivity index (χ2n) is 5.14. The van der Waals surface area contributed by atoms with Gasteiger partial charge in [-0.15, -0.1) is 0 Å². The average Bonchev–Trinajstić information content (AvgIpc) is 2.93. The van der Waals surface area contributed by atoms with Crippen molar-refractivity contribution in [2.45, 2.75) is 38.5 Å². The van der Waals surface area contributed by atoms with Gasteiger partial charge in [-0.05, 0) is 43.0 Å². The molecule has 21 heavy (non-hydrogen) atoms. The van der Waals surface area contributed by atoms with Crippen molar-refractivity contribution in [2.75, 3.05) is 6.61 Å². The maximum absolute atomic E-state index is 12.6. The molecule has 0 amide bonds. The van der Waals surface area contributed by atoms with Gasteiger partial charge in [0, 0.05) is 12.4 Å². The van der Waals surface area contributed by atoms with Gasteiger partial charge in [-0.1, -0.05) is 13.8 Å². The van der Waals surface area contributed by atoms with Crippen molar-refractivity contribution in [1.82, 2.24) is 8.96 Å². The van der Waals surface area contributed by atoms with Crippen LogP contribution in [0.2, 0.25) is 0 Å². The van der Waals surface area contributed by atoms with E-state index in [1.54, 1.807) is 19.1 Å². The van der Waals surface area contributed by atoms with Crippen molar-refractivity contribution in [3.8, 4) is 5.75 Å². The van der Waals surface area contributed by atoms with E-state index < -0.39 is 10.0 Å². The fourth-order valence-electron chi connectivity index (χ4n) is 2.19. The Morgan fingerprint density at radius 1 is 1.33 bits per heavy atom. The zero-order valence-electron chi connectivity index (χ0n) is 12.7. The molecule has 6 heteroatoms. The van der Waals surface area contributed by atoms with Gasteiger partial charge in [0.1, 0.15) is 12.1 Å². The van der Waals surface area contributed by atoms with Crippen LogP contribution >= 0.6 is 0 Å². The van der Waals surface area contributed by atoms with Crippen molar-refractivity contribution in [2.24, 2.45) is 0 Å². The molecule has 0 aliphatic rings. The number of nitrogens with zero attached hydrogens (tertiary/aromatic N) is 2. The number of aryl methyl sites for hydroxylation is 1. The maximum atomic E-state index is 12.6. The molecule has 0 fully saturated rings. The first-order chi connectivity index (χ1) is 9.87. The molecule has 1 aromatic heterocycles. The lowest BCUT2D eigenvalue weighted by molar-refractivity contribution is 0.334. The Bertz CT molecular complexity index is 720. The second kappa shape index (κ2) is 5.89. The van der Waals surface area contributed by atoms with E-state index in [0.717, 1.165) is 15.3 Å². The number of ether oxygens (including phenoxy) is 1. The third-order valence-corrected chi connectivity index (χ3v) is 5.03. The lowest BCUT2D eigenvalue weighted by Gasteiger charge is -2.17. The fourth-order valence-corrected chi connectivity index (χ4v) is 3.55. The predicted octanol–water partition coefficient (Wildman–Crippen LogP) is 2.95. The molecule has 0 atom stereocenters. The number of imidazole rings is 1. The summed E-state index contributed by atoms with van der Waals surface area (Å²) in [6.45, 7) is 8.26. The molecule has 0 spiro atoms. The largest absolute Gasteiger partial charge is 0.494 e. The van der Waals surface area contributed by atoms with Gasteiger partial charge in [-0.3, -0.25) is 0 Å². The van der Waals surface area contributed by atoms with Crippen LogP contribution in [0.1, 0.15) is 37.8 Å². The van der Waals surface area contributed by atoms with Crippen LogP contribution in [0, 0.1) is 6.92 Å². The first kappa shape index (κ1) is 15.6. The summed E-state index contributed by atoms with van der Waals surface area (Å²) >= 11 is 0. The van der Waals surface area contributed by atoms with Crippen LogP contribution in [0.5, 0.6) is 5.75 Å². The van der Waals surface area contributed by atoms with Gasteiger partial charge in [0.05, 0.1) is 11.5 Å². The van der Waals surface area contributed by atoms with E-state index in [9.17, 15) is 8.42 Å². The van der Waals surface area contributed by atoms with Crippen molar-refractivity contribution in [3.05, 3.63) is 42.0 Å². The fraction of sp³-hybridized carbons (Fsp3) is 0.400. The SMILES string of the molecule is CCOc1cc(C)c(S(=O)(=O)n2ccnc2)cc1C(C)C. The van der Waals surface area contributed by atoms with E-state index in [2.05, 4.69) is 4.98 Å². The molecule has 0 saturated heterocycles. The van der Waals surface area contributed by atoms with Gasteiger partial charge in [-0.2, -0.15) is 0 Å². The van der Waals surface area contributed by atoms with E-state index in [1.807, 2.05) is 20.8 Å². The van der Waals surface area contributed by atoms with Crippen LogP contribution in [-0.4, -0.2) is 24.0 Å². The molecule has 114 valence electrons. The van der Waals surface area contributed by atoms with E-state index in [-0.39, 0.29) is 10.8 Å². The number of hydrogen-bond donors (Lipinski definition) is 0. The van der Waals surface area contributed by atoms with Crippen LogP contribution in [0.25, 0.3) is 0 Å². The summed E-state index contributed by atoms with van der Waals surface area (Å²) in [5.41, 5.74) is 1.55. The standard InChI is InChI=1S/C15H20N2O3S/c1-5-20-14-8-12(4)15(9-13(14)11(2)3)21(18,19)17-7-6-16-10-17/h6-11H,5H2,1-4H3. The monoisotopic (exact) mass is 308 g/mol. The van der Waals surface area contributed by atoms with Gasteiger partial charge >= 0.3 is 0 Å². The number of benzene rings is 1. The first-order valence-electron chi connectivity index (χ1n) is 6.88. The highest BCUT2D eigenvalue weighted by Gasteiger charge is 2.22. The van der Waals surface area contributed by atoms with E-state index in [1.165, 1.54) is 18.7 Å². The minimum absolute atomic E-state index is 0.170. The van der Waals surface area contributed by atoms with Crippen LogP contribution in [-0.2, 0) is 10.0 Å². The summed E-state index contributed by atoms with van der Waals surface area (Å²) in [5, 5.41) is 0. The molecule has 0 N–H and O–H groups in total. The van der Waals surface area contributed by atoms with Gasteiger partial charge in [-0.25, -0.2) is 17.4 Å². The summed E-state index contributed by atoms with van der Waals surface area (Å²) in [7, 11) is -3.62. The highest BCUT2D eigenvalue weighted by molar-refractivity contribution is 7.90. The molecule has 0 bridgehead atoms. The Kier molecular flexibility index (Phi) is 4.37. The Balaban J connectivity index is 2.63. The number of aromatic nitrogens is 2. The third-order valence-electron chi connectivity index (χ3n) is 3.26. The Hall–Kier alpha value is -1.82. The van der Waals surface area contributed by atoms with Gasteiger partial charge in [0.25, 0.3) is 10.0 Å². The topological polar surface area (TPSA) is 61.2 Å². The van der Waals surface area contributed by atoms with Gasteiger partial charge in [0.15, 0.2) is 0 Å². The molecule has 0 aliphatic heterocycles. The zero-order valence-corrected chi connectivity index (χ0v) is 13.5. The second-order valence-corrected chi connectivity index (χ2v) is 6.95. The summed E-state index contributed by atoms with van der Waals surface area (Å²) in [4.78, 5) is 4.09. The molecule has 0 saturated carbocycles. The lowest BCUT2D eigenvalue weighted by Crippen LogP contribution is -2.13. The molecule has 0 aliphatic carbocycles. The quantitative estimate of drug-likeness (QED) is 0.852. The molecule has 2 aromatic rings. The van der Waals surface area contributed by atoms with E-state index in [0.29, 0.717) is 12.2 Å². The lowest BCUT2D eigenvalue weighted by atomic mass is 10.0.